The minimum Gasteiger partial charge on any atom is -0.493 e. The van der Waals surface area contributed by atoms with Crippen molar-refractivity contribution in [3.05, 3.63) is 63.3 Å². The van der Waals surface area contributed by atoms with E-state index in [-0.39, 0.29) is 6.04 Å². The number of likely N-dealkylation sites (N-methyl/N-ethyl adjacent to an activating group) is 1. The van der Waals surface area contributed by atoms with Crippen molar-refractivity contribution in [3.8, 4) is 34.5 Å². The predicted octanol–water partition coefficient (Wildman–Crippen LogP) is 5.73. The van der Waals surface area contributed by atoms with Crippen molar-refractivity contribution >= 4 is 23.0 Å². The summed E-state index contributed by atoms with van der Waals surface area (Å²) in [4.78, 5) is 9.97. The molecule has 3 aliphatic rings. The molecular weight excluding hydrogens is 542 g/mol. The molecule has 0 bridgehead atoms. The van der Waals surface area contributed by atoms with Gasteiger partial charge in [0.1, 0.15) is 0 Å². The standard InChI is InChI=1S/C31H37N3O6S/c1-9-33-15-21(10-19-11-23(35-3)29(39-7)24(12-19)36-4)27-22(16-33)28(34-18(2)17-41-31(34)32-27)20-13-25(37-5)30(40-8)26(14-20)38-6/h10-14,17,28H,9,15-16H2,1-8H3/b21-10+. The number of ether oxygens (including phenoxy) is 6. The summed E-state index contributed by atoms with van der Waals surface area (Å²) >= 11 is 1.64. The lowest BCUT2D eigenvalue weighted by Crippen LogP contribution is -2.42. The van der Waals surface area contributed by atoms with Crippen LogP contribution in [0.25, 0.3) is 6.08 Å². The lowest BCUT2D eigenvalue weighted by atomic mass is 9.88. The number of rotatable bonds is 9. The number of aliphatic imine (C=N–C) groups is 1. The van der Waals surface area contributed by atoms with Crippen molar-refractivity contribution < 1.29 is 28.4 Å². The number of thioether (sulfide) groups is 1. The van der Waals surface area contributed by atoms with Crippen LogP contribution in [0.1, 0.15) is 31.0 Å². The molecule has 0 saturated heterocycles. The van der Waals surface area contributed by atoms with Crippen molar-refractivity contribution in [2.45, 2.75) is 19.9 Å². The highest BCUT2D eigenvalue weighted by atomic mass is 32.2. The van der Waals surface area contributed by atoms with E-state index in [1.807, 2.05) is 24.3 Å². The van der Waals surface area contributed by atoms with Gasteiger partial charge in [-0.1, -0.05) is 18.7 Å². The van der Waals surface area contributed by atoms with Gasteiger partial charge in [-0.2, -0.15) is 0 Å². The first-order chi connectivity index (χ1) is 19.9. The molecule has 0 aromatic heterocycles. The maximum absolute atomic E-state index is 5.74. The van der Waals surface area contributed by atoms with Crippen molar-refractivity contribution in [1.29, 1.82) is 0 Å². The van der Waals surface area contributed by atoms with Gasteiger partial charge in [0.15, 0.2) is 28.2 Å². The van der Waals surface area contributed by atoms with E-state index in [2.05, 4.69) is 35.1 Å². The van der Waals surface area contributed by atoms with Crippen molar-refractivity contribution in [2.75, 3.05) is 62.3 Å². The third kappa shape index (κ3) is 5.10. The molecule has 5 rings (SSSR count). The average Bonchev–Trinajstić information content (AvgIpc) is 3.38. The molecule has 0 saturated carbocycles. The highest BCUT2D eigenvalue weighted by Gasteiger charge is 2.40. The molecule has 1 unspecified atom stereocenters. The molecule has 3 heterocycles. The number of nitrogens with zero attached hydrogens (tertiary/aromatic N) is 3. The van der Waals surface area contributed by atoms with Gasteiger partial charge >= 0.3 is 0 Å². The zero-order valence-corrected chi connectivity index (χ0v) is 25.7. The summed E-state index contributed by atoms with van der Waals surface area (Å²) in [6.45, 7) is 6.75. The second-order valence-corrected chi connectivity index (χ2v) is 10.6. The molecule has 9 nitrogen and oxygen atoms in total. The Kier molecular flexibility index (Phi) is 8.42. The summed E-state index contributed by atoms with van der Waals surface area (Å²) in [5.41, 5.74) is 6.47. The van der Waals surface area contributed by atoms with Gasteiger partial charge in [0.2, 0.25) is 11.5 Å². The maximum atomic E-state index is 5.74. The summed E-state index contributed by atoms with van der Waals surface area (Å²) in [5, 5.41) is 3.10. The minimum absolute atomic E-state index is 0.102. The van der Waals surface area contributed by atoms with E-state index in [1.165, 1.54) is 5.57 Å². The number of hydrogen-bond acceptors (Lipinski definition) is 10. The van der Waals surface area contributed by atoms with Gasteiger partial charge in [0.05, 0.1) is 54.4 Å². The topological polar surface area (TPSA) is 74.2 Å². The first-order valence-electron chi connectivity index (χ1n) is 13.4. The van der Waals surface area contributed by atoms with Gasteiger partial charge in [0, 0.05) is 18.8 Å². The van der Waals surface area contributed by atoms with Gasteiger partial charge in [-0.3, -0.25) is 4.90 Å². The zero-order valence-electron chi connectivity index (χ0n) is 24.9. The number of methoxy groups -OCH3 is 6. The number of benzene rings is 2. The number of fused-ring (bicyclic) bond motifs is 1. The Balaban J connectivity index is 1.71. The Morgan fingerprint density at radius 1 is 0.829 bits per heavy atom. The zero-order chi connectivity index (χ0) is 29.3. The molecule has 0 radical (unpaired) electrons. The van der Waals surface area contributed by atoms with E-state index in [1.54, 1.807) is 54.4 Å². The second-order valence-electron chi connectivity index (χ2n) is 9.81. The summed E-state index contributed by atoms with van der Waals surface area (Å²) in [7, 11) is 9.78. The van der Waals surface area contributed by atoms with Gasteiger partial charge < -0.3 is 33.3 Å². The first kappa shape index (κ1) is 28.8. The fourth-order valence-corrected chi connectivity index (χ4v) is 6.53. The van der Waals surface area contributed by atoms with Crippen LogP contribution in [0, 0.1) is 0 Å². The lowest BCUT2D eigenvalue weighted by molar-refractivity contribution is 0.296. The summed E-state index contributed by atoms with van der Waals surface area (Å²) in [6, 6.07) is 7.92. The van der Waals surface area contributed by atoms with Crippen LogP contribution in [0.4, 0.5) is 0 Å². The minimum atomic E-state index is -0.102. The van der Waals surface area contributed by atoms with Crippen LogP contribution < -0.4 is 28.4 Å². The SMILES string of the molecule is CCN1CC2=C(N=C3SC=C(C)N3C2c2cc(OC)c(OC)c(OC)c2)/C(=C/c2cc(OC)c(OC)c(OC)c2)C1. The van der Waals surface area contributed by atoms with Crippen molar-refractivity contribution in [2.24, 2.45) is 4.99 Å². The smallest absolute Gasteiger partial charge is 0.203 e. The van der Waals surface area contributed by atoms with E-state index >= 15 is 0 Å². The molecule has 0 fully saturated rings. The largest absolute Gasteiger partial charge is 0.493 e. The van der Waals surface area contributed by atoms with Crippen LogP contribution in [0.3, 0.4) is 0 Å². The quantitative estimate of drug-likeness (QED) is 0.370. The number of hydrogen-bond donors (Lipinski definition) is 0. The molecule has 0 aliphatic carbocycles. The molecule has 0 spiro atoms. The van der Waals surface area contributed by atoms with Crippen LogP contribution in [0.5, 0.6) is 34.5 Å². The van der Waals surface area contributed by atoms with Gasteiger partial charge in [-0.15, -0.1) is 0 Å². The van der Waals surface area contributed by atoms with Crippen molar-refractivity contribution in [1.82, 2.24) is 9.80 Å². The monoisotopic (exact) mass is 579 g/mol. The Bertz CT molecular complexity index is 1410. The maximum Gasteiger partial charge on any atom is 0.203 e. The number of amidine groups is 1. The Hall–Kier alpha value is -3.76. The average molecular weight is 580 g/mol. The molecule has 41 heavy (non-hydrogen) atoms. The second kappa shape index (κ2) is 12.0. The first-order valence-corrected chi connectivity index (χ1v) is 14.3. The number of allylic oxidation sites excluding steroid dienone is 1. The molecule has 0 N–H and O–H groups in total. The molecule has 3 aliphatic heterocycles. The van der Waals surface area contributed by atoms with Crippen LogP contribution in [-0.2, 0) is 0 Å². The normalized spacial score (nSPS) is 19.4. The molecule has 2 aromatic rings. The van der Waals surface area contributed by atoms with Crippen LogP contribution in [0.2, 0.25) is 0 Å². The van der Waals surface area contributed by atoms with Crippen molar-refractivity contribution in [3.63, 3.8) is 0 Å². The van der Waals surface area contributed by atoms with Gasteiger partial charge in [0.25, 0.3) is 0 Å². The summed E-state index contributed by atoms with van der Waals surface area (Å²) in [6.07, 6.45) is 2.17. The Morgan fingerprint density at radius 2 is 1.39 bits per heavy atom. The van der Waals surface area contributed by atoms with E-state index < -0.39 is 0 Å². The summed E-state index contributed by atoms with van der Waals surface area (Å²) in [5.74, 6) is 3.60. The van der Waals surface area contributed by atoms with E-state index in [9.17, 15) is 0 Å². The molecule has 1 atom stereocenters. The fourth-order valence-electron chi connectivity index (χ4n) is 5.63. The van der Waals surface area contributed by atoms with E-state index in [4.69, 9.17) is 33.4 Å². The van der Waals surface area contributed by atoms with Crippen LogP contribution >= 0.6 is 11.8 Å². The third-order valence-corrected chi connectivity index (χ3v) is 8.55. The molecular formula is C31H37N3O6S. The summed E-state index contributed by atoms with van der Waals surface area (Å²) < 4.78 is 33.9. The Morgan fingerprint density at radius 3 is 1.90 bits per heavy atom. The molecule has 218 valence electrons. The lowest BCUT2D eigenvalue weighted by Gasteiger charge is -2.42. The molecule has 0 amide bonds. The molecule has 2 aromatic carbocycles. The van der Waals surface area contributed by atoms with Crippen LogP contribution in [-0.4, -0.2) is 77.3 Å². The van der Waals surface area contributed by atoms with Gasteiger partial charge in [-0.25, -0.2) is 4.99 Å². The molecule has 10 heteroatoms. The highest BCUT2D eigenvalue weighted by molar-refractivity contribution is 8.16. The predicted molar refractivity (Wildman–Crippen MR) is 163 cm³/mol. The third-order valence-electron chi connectivity index (χ3n) is 7.59. The van der Waals surface area contributed by atoms with Gasteiger partial charge in [-0.05, 0) is 71.5 Å². The Labute approximate surface area is 246 Å². The van der Waals surface area contributed by atoms with E-state index in [0.717, 1.165) is 52.9 Å². The fraction of sp³-hybridized carbons (Fsp3) is 0.387. The van der Waals surface area contributed by atoms with E-state index in [0.29, 0.717) is 34.5 Å². The highest BCUT2D eigenvalue weighted by Crippen LogP contribution is 2.50. The van der Waals surface area contributed by atoms with Crippen LogP contribution in [0.15, 0.2) is 57.2 Å².